The molecule has 3 amide bonds. The third kappa shape index (κ3) is 3.25. The van der Waals surface area contributed by atoms with Crippen molar-refractivity contribution in [3.05, 3.63) is 36.2 Å². The zero-order valence-corrected chi connectivity index (χ0v) is 19.0. The summed E-state index contributed by atoms with van der Waals surface area (Å²) >= 11 is 0. The summed E-state index contributed by atoms with van der Waals surface area (Å²) in [6.45, 7) is 5.82. The Morgan fingerprint density at radius 2 is 2.03 bits per heavy atom. The van der Waals surface area contributed by atoms with E-state index in [2.05, 4.69) is 31.3 Å². The number of carbonyl (C=O) groups is 2. The summed E-state index contributed by atoms with van der Waals surface area (Å²) < 4.78 is 5.65. The molecular weight excluding hydrogens is 438 g/mol. The van der Waals surface area contributed by atoms with E-state index in [1.807, 2.05) is 38.2 Å². The Bertz CT molecular complexity index is 1210. The predicted octanol–water partition coefficient (Wildman–Crippen LogP) is 2.01. The van der Waals surface area contributed by atoms with Crippen LogP contribution < -0.4 is 21.3 Å². The van der Waals surface area contributed by atoms with Crippen LogP contribution in [0.5, 0.6) is 0 Å². The van der Waals surface area contributed by atoms with Gasteiger partial charge in [0.25, 0.3) is 5.96 Å². The van der Waals surface area contributed by atoms with Gasteiger partial charge in [-0.25, -0.2) is 9.59 Å². The lowest BCUT2D eigenvalue weighted by Crippen LogP contribution is -2.61. The molecular formula is C22H26N9O3+. The molecule has 2 fully saturated rings. The molecule has 1 spiro atoms. The Morgan fingerprint density at radius 3 is 2.79 bits per heavy atom. The number of hydrogen-bond acceptors (Lipinski definition) is 8. The van der Waals surface area contributed by atoms with Crippen LogP contribution in [-0.4, -0.2) is 65.1 Å². The summed E-state index contributed by atoms with van der Waals surface area (Å²) in [7, 11) is 0. The van der Waals surface area contributed by atoms with Crippen molar-refractivity contribution in [2.24, 2.45) is 15.1 Å². The van der Waals surface area contributed by atoms with Gasteiger partial charge in [-0.3, -0.25) is 4.99 Å². The van der Waals surface area contributed by atoms with Crippen molar-refractivity contribution in [1.29, 1.82) is 0 Å². The number of urea groups is 1. The van der Waals surface area contributed by atoms with Crippen molar-refractivity contribution >= 4 is 41.5 Å². The maximum absolute atomic E-state index is 12.0. The molecule has 1 aromatic rings. The van der Waals surface area contributed by atoms with Crippen molar-refractivity contribution in [1.82, 2.24) is 15.6 Å². The van der Waals surface area contributed by atoms with Crippen LogP contribution in [0.1, 0.15) is 32.3 Å². The molecule has 5 heterocycles. The first kappa shape index (κ1) is 20.8. The Hall–Kier alpha value is -3.77. The van der Waals surface area contributed by atoms with E-state index >= 15 is 0 Å². The second-order valence-electron chi connectivity index (χ2n) is 9.59. The fourth-order valence-electron chi connectivity index (χ4n) is 5.11. The molecule has 12 nitrogen and oxygen atoms in total. The van der Waals surface area contributed by atoms with Crippen LogP contribution >= 0.6 is 0 Å². The van der Waals surface area contributed by atoms with Crippen LogP contribution in [0.2, 0.25) is 0 Å². The van der Waals surface area contributed by atoms with Crippen LogP contribution in [0.3, 0.4) is 0 Å². The van der Waals surface area contributed by atoms with Crippen molar-refractivity contribution in [2.45, 2.75) is 37.8 Å². The molecule has 12 heteroatoms. The monoisotopic (exact) mass is 464 g/mol. The number of piperidine rings is 1. The van der Waals surface area contributed by atoms with Gasteiger partial charge < -0.3 is 26.0 Å². The van der Waals surface area contributed by atoms with Crippen molar-refractivity contribution in [3.8, 4) is 0 Å². The third-order valence-electron chi connectivity index (χ3n) is 6.93. The van der Waals surface area contributed by atoms with E-state index in [0.717, 1.165) is 16.9 Å². The first-order chi connectivity index (χ1) is 16.3. The van der Waals surface area contributed by atoms with E-state index in [4.69, 9.17) is 14.8 Å². The summed E-state index contributed by atoms with van der Waals surface area (Å²) in [5.41, 5.74) is 1.59. The van der Waals surface area contributed by atoms with E-state index in [0.29, 0.717) is 44.3 Å². The smallest absolute Gasteiger partial charge is 0.407 e. The highest BCUT2D eigenvalue weighted by Crippen LogP contribution is 2.36. The Kier molecular flexibility index (Phi) is 4.35. The molecule has 6 rings (SSSR count). The number of amides is 3. The van der Waals surface area contributed by atoms with Crippen LogP contribution in [0, 0.1) is 0 Å². The number of fused-ring (bicyclic) bond motifs is 2. The van der Waals surface area contributed by atoms with Crippen molar-refractivity contribution in [3.63, 3.8) is 0 Å². The lowest BCUT2D eigenvalue weighted by atomic mass is 9.91. The Balaban J connectivity index is 1.25. The lowest BCUT2D eigenvalue weighted by molar-refractivity contribution is -0.919. The molecule has 0 aliphatic carbocycles. The topological polar surface area (TPSA) is 132 Å². The molecule has 176 valence electrons. The number of amidine groups is 1. The van der Waals surface area contributed by atoms with E-state index in [1.54, 1.807) is 12.4 Å². The van der Waals surface area contributed by atoms with Crippen LogP contribution in [0.25, 0.3) is 0 Å². The number of rotatable bonds is 2. The zero-order chi connectivity index (χ0) is 23.6. The van der Waals surface area contributed by atoms with Gasteiger partial charge in [0.15, 0.2) is 6.20 Å². The molecule has 0 aromatic heterocycles. The molecule has 5 aliphatic heterocycles. The lowest BCUT2D eigenvalue weighted by Gasteiger charge is -2.41. The van der Waals surface area contributed by atoms with Gasteiger partial charge in [0.1, 0.15) is 11.8 Å². The minimum atomic E-state index is -0.465. The number of ether oxygens (including phenoxy) is 1. The number of nitrogens with one attached hydrogen (secondary N) is 4. The highest BCUT2D eigenvalue weighted by molar-refractivity contribution is 6.30. The fourth-order valence-corrected chi connectivity index (χ4v) is 5.11. The highest BCUT2D eigenvalue weighted by Gasteiger charge is 2.52. The SMILES string of the molecule is CC1(C)NC(=O)Nc2cc(NC3=N[N+]4(N5CCC6(CC5)CNC(=O)O6)C=CN=CC4=N3)ccc21. The average molecular weight is 465 g/mol. The highest BCUT2D eigenvalue weighted by atomic mass is 16.6. The average Bonchev–Trinajstić information content (AvgIpc) is 3.33. The van der Waals surface area contributed by atoms with Gasteiger partial charge >= 0.3 is 18.0 Å². The first-order valence-corrected chi connectivity index (χ1v) is 11.3. The van der Waals surface area contributed by atoms with Gasteiger partial charge in [0.05, 0.1) is 31.4 Å². The van der Waals surface area contributed by atoms with E-state index < -0.39 is 11.1 Å². The maximum Gasteiger partial charge on any atom is 0.407 e. The fraction of sp³-hybridized carbons (Fsp3) is 0.409. The summed E-state index contributed by atoms with van der Waals surface area (Å²) in [6, 6.07) is 5.57. The number of guanidine groups is 1. The molecule has 34 heavy (non-hydrogen) atoms. The number of hydrogen-bond donors (Lipinski definition) is 4. The summed E-state index contributed by atoms with van der Waals surface area (Å²) in [5, 5.41) is 18.9. The predicted molar refractivity (Wildman–Crippen MR) is 126 cm³/mol. The minimum absolute atomic E-state index is 0.0852. The van der Waals surface area contributed by atoms with Crippen LogP contribution in [0.4, 0.5) is 21.0 Å². The summed E-state index contributed by atoms with van der Waals surface area (Å²) in [4.78, 5) is 32.6. The quantitative estimate of drug-likeness (QED) is 0.497. The summed E-state index contributed by atoms with van der Waals surface area (Å²) in [6.07, 6.45) is 6.38. The molecule has 0 saturated carbocycles. The normalized spacial score (nSPS) is 28.2. The van der Waals surface area contributed by atoms with Crippen molar-refractivity contribution in [2.75, 3.05) is 30.3 Å². The number of alkyl carbamates (subject to hydrolysis) is 1. The number of carbonyl (C=O) groups excluding carboxylic acids is 2. The molecule has 5 aliphatic rings. The van der Waals surface area contributed by atoms with Gasteiger partial charge in [-0.2, -0.15) is 0 Å². The molecule has 2 saturated heterocycles. The van der Waals surface area contributed by atoms with Gasteiger partial charge in [-0.15, -0.1) is 10.0 Å². The molecule has 1 atom stereocenters. The number of anilines is 2. The van der Waals surface area contributed by atoms with Gasteiger partial charge in [-0.1, -0.05) is 6.07 Å². The van der Waals surface area contributed by atoms with Crippen LogP contribution in [-0.2, 0) is 10.3 Å². The molecule has 4 N–H and O–H groups in total. The number of quaternary nitrogens is 1. The van der Waals surface area contributed by atoms with Crippen LogP contribution in [0.15, 0.2) is 45.7 Å². The number of nitrogens with zero attached hydrogens (tertiary/aromatic N) is 5. The van der Waals surface area contributed by atoms with Crippen molar-refractivity contribution < 1.29 is 19.0 Å². The van der Waals surface area contributed by atoms with E-state index in [-0.39, 0.29) is 16.8 Å². The molecule has 1 aromatic carbocycles. The molecule has 1 unspecified atom stereocenters. The standard InChI is InChI=1S/C22H25N9O3/c1-21(2)15-4-3-14(11-16(15)26-19(32)28-21)25-18-27-17-12-23-7-10-31(17,29-18)30-8-5-22(6-9-30)13-24-20(33)34-22/h3-4,7,10-12H,5-6,8-9,13H2,1-2H3,(H3-,24,25,26,28,29,32,33)/p+1. The molecule has 0 radical (unpaired) electrons. The van der Waals surface area contributed by atoms with E-state index in [1.165, 1.54) is 0 Å². The number of aliphatic imine (C=N–C) groups is 2. The summed E-state index contributed by atoms with van der Waals surface area (Å²) in [5.74, 6) is 1.13. The zero-order valence-electron chi connectivity index (χ0n) is 19.0. The van der Waals surface area contributed by atoms with Gasteiger partial charge in [0.2, 0.25) is 0 Å². The number of benzene rings is 1. The third-order valence-corrected chi connectivity index (χ3v) is 6.93. The second kappa shape index (κ2) is 7.11. The van der Waals surface area contributed by atoms with E-state index in [9.17, 15) is 9.59 Å². The largest absolute Gasteiger partial charge is 0.441 e. The second-order valence-corrected chi connectivity index (χ2v) is 9.59. The van der Waals surface area contributed by atoms with Gasteiger partial charge in [-0.05, 0) is 35.8 Å². The first-order valence-electron chi connectivity index (χ1n) is 11.3. The minimum Gasteiger partial charge on any atom is -0.441 e. The maximum atomic E-state index is 12.0. The molecule has 0 bridgehead atoms. The Morgan fingerprint density at radius 1 is 1.21 bits per heavy atom. The Labute approximate surface area is 196 Å². The van der Waals surface area contributed by atoms with Gasteiger partial charge in [0, 0.05) is 29.8 Å².